The van der Waals surface area contributed by atoms with Crippen LogP contribution >= 0.6 is 11.3 Å². The smallest absolute Gasteiger partial charge is 0.263 e. The molecule has 0 fully saturated rings. The van der Waals surface area contributed by atoms with E-state index in [2.05, 4.69) is 10.3 Å². The van der Waals surface area contributed by atoms with Gasteiger partial charge in [-0.15, -0.1) is 0 Å². The fourth-order valence-corrected chi connectivity index (χ4v) is 3.92. The Morgan fingerprint density at radius 3 is 2.35 bits per heavy atom. The summed E-state index contributed by atoms with van der Waals surface area (Å²) >= 11 is 1.02. The number of aryl methyl sites for hydroxylation is 1. The number of carbonyl (C=O) groups excluding carboxylic acids is 1. The summed E-state index contributed by atoms with van der Waals surface area (Å²) in [5.41, 5.74) is 1.17. The van der Waals surface area contributed by atoms with E-state index >= 15 is 0 Å². The van der Waals surface area contributed by atoms with Gasteiger partial charge in [0.05, 0.1) is 38.3 Å². The lowest BCUT2D eigenvalue weighted by molar-refractivity contribution is 0.0953. The maximum Gasteiger partial charge on any atom is 0.263 e. The van der Waals surface area contributed by atoms with E-state index in [1.807, 2.05) is 0 Å². The van der Waals surface area contributed by atoms with E-state index < -0.39 is 10.0 Å². The van der Waals surface area contributed by atoms with Gasteiger partial charge in [0.2, 0.25) is 10.0 Å². The van der Waals surface area contributed by atoms with Crippen molar-refractivity contribution in [2.24, 2.45) is 0 Å². The van der Waals surface area contributed by atoms with Crippen molar-refractivity contribution in [3.63, 3.8) is 0 Å². The molecule has 0 aliphatic carbocycles. The molecule has 0 unspecified atom stereocenters. The Bertz CT molecular complexity index is 886. The van der Waals surface area contributed by atoms with E-state index in [0.717, 1.165) is 21.9 Å². The number of nitrogens with zero attached hydrogens (tertiary/aromatic N) is 2. The van der Waals surface area contributed by atoms with E-state index in [1.54, 1.807) is 39.3 Å². The number of carbonyl (C=O) groups is 1. The van der Waals surface area contributed by atoms with Gasteiger partial charge in [-0.1, -0.05) is 17.4 Å². The standard InChI is InChI=1S/C16H21N3O5S2/c1-10-14(25-16(18-10)19(2)26(5,21)22)15(20)17-9-11-12(23-3)7-6-8-13(11)24-4/h6-8H,9H2,1-5H3,(H,17,20). The number of amides is 1. The van der Waals surface area contributed by atoms with Crippen LogP contribution in [0.2, 0.25) is 0 Å². The highest BCUT2D eigenvalue weighted by Gasteiger charge is 2.22. The number of hydrogen-bond donors (Lipinski definition) is 1. The van der Waals surface area contributed by atoms with Gasteiger partial charge in [0.15, 0.2) is 5.13 Å². The van der Waals surface area contributed by atoms with Crippen LogP contribution < -0.4 is 19.1 Å². The third-order valence-electron chi connectivity index (χ3n) is 3.71. The number of methoxy groups -OCH3 is 2. The van der Waals surface area contributed by atoms with Gasteiger partial charge < -0.3 is 14.8 Å². The highest BCUT2D eigenvalue weighted by Crippen LogP contribution is 2.29. The molecule has 0 bridgehead atoms. The molecule has 2 rings (SSSR count). The zero-order valence-corrected chi connectivity index (χ0v) is 16.8. The molecule has 1 amide bonds. The molecule has 142 valence electrons. The first-order chi connectivity index (χ1) is 12.2. The second-order valence-electron chi connectivity index (χ2n) is 5.47. The van der Waals surface area contributed by atoms with Crippen LogP contribution in [0.5, 0.6) is 11.5 Å². The van der Waals surface area contributed by atoms with Gasteiger partial charge in [-0.05, 0) is 19.1 Å². The number of thiazole rings is 1. The first-order valence-electron chi connectivity index (χ1n) is 7.58. The van der Waals surface area contributed by atoms with E-state index in [4.69, 9.17) is 9.47 Å². The van der Waals surface area contributed by atoms with Crippen molar-refractivity contribution in [3.05, 3.63) is 34.3 Å². The minimum atomic E-state index is -3.44. The summed E-state index contributed by atoms with van der Waals surface area (Å²) in [4.78, 5) is 17.1. The predicted octanol–water partition coefficient (Wildman–Crippen LogP) is 1.79. The van der Waals surface area contributed by atoms with Crippen LogP contribution in [0, 0.1) is 6.92 Å². The average Bonchev–Trinajstić information content (AvgIpc) is 2.99. The van der Waals surface area contributed by atoms with Crippen molar-refractivity contribution >= 4 is 32.4 Å². The first kappa shape index (κ1) is 20.0. The lowest BCUT2D eigenvalue weighted by Crippen LogP contribution is -2.24. The summed E-state index contributed by atoms with van der Waals surface area (Å²) < 4.78 is 34.9. The van der Waals surface area contributed by atoms with E-state index in [0.29, 0.717) is 27.6 Å². The monoisotopic (exact) mass is 399 g/mol. The number of sulfonamides is 1. The maximum atomic E-state index is 12.5. The van der Waals surface area contributed by atoms with Gasteiger partial charge in [0, 0.05) is 7.05 Å². The second kappa shape index (κ2) is 7.92. The van der Waals surface area contributed by atoms with Crippen molar-refractivity contribution in [1.82, 2.24) is 10.3 Å². The Morgan fingerprint density at radius 1 is 1.27 bits per heavy atom. The zero-order valence-electron chi connectivity index (χ0n) is 15.2. The summed E-state index contributed by atoms with van der Waals surface area (Å²) in [5, 5.41) is 3.04. The molecule has 1 aromatic heterocycles. The molecule has 1 heterocycles. The van der Waals surface area contributed by atoms with Crippen LogP contribution in [0.25, 0.3) is 0 Å². The quantitative estimate of drug-likeness (QED) is 0.762. The molecule has 26 heavy (non-hydrogen) atoms. The lowest BCUT2D eigenvalue weighted by Gasteiger charge is -2.13. The van der Waals surface area contributed by atoms with Crippen molar-refractivity contribution < 1.29 is 22.7 Å². The van der Waals surface area contributed by atoms with Crippen LogP contribution in [-0.4, -0.2) is 46.8 Å². The van der Waals surface area contributed by atoms with Gasteiger partial charge in [-0.2, -0.15) is 0 Å². The summed E-state index contributed by atoms with van der Waals surface area (Å²) in [6, 6.07) is 5.35. The number of aromatic nitrogens is 1. The van der Waals surface area contributed by atoms with E-state index in [1.165, 1.54) is 7.05 Å². The van der Waals surface area contributed by atoms with Crippen molar-refractivity contribution in [3.8, 4) is 11.5 Å². The Labute approximate surface area is 156 Å². The molecule has 0 saturated heterocycles. The van der Waals surface area contributed by atoms with Crippen LogP contribution in [0.1, 0.15) is 20.9 Å². The molecule has 10 heteroatoms. The summed E-state index contributed by atoms with van der Waals surface area (Å²) in [7, 11) is 1.04. The average molecular weight is 399 g/mol. The fourth-order valence-electron chi connectivity index (χ4n) is 2.22. The molecular weight excluding hydrogens is 378 g/mol. The molecular formula is C16H21N3O5S2. The molecule has 1 N–H and O–H groups in total. The summed E-state index contributed by atoms with van der Waals surface area (Å²) in [6.07, 6.45) is 1.08. The number of hydrogen-bond acceptors (Lipinski definition) is 7. The van der Waals surface area contributed by atoms with Gasteiger partial charge >= 0.3 is 0 Å². The van der Waals surface area contributed by atoms with E-state index in [9.17, 15) is 13.2 Å². The zero-order chi connectivity index (χ0) is 19.5. The Kier molecular flexibility index (Phi) is 6.09. The molecule has 0 aliphatic heterocycles. The lowest BCUT2D eigenvalue weighted by atomic mass is 10.1. The number of anilines is 1. The first-order valence-corrected chi connectivity index (χ1v) is 10.2. The molecule has 8 nitrogen and oxygen atoms in total. The highest BCUT2D eigenvalue weighted by molar-refractivity contribution is 7.92. The molecule has 1 aromatic carbocycles. The van der Waals surface area contributed by atoms with Crippen molar-refractivity contribution in [1.29, 1.82) is 0 Å². The van der Waals surface area contributed by atoms with E-state index in [-0.39, 0.29) is 17.6 Å². The maximum absolute atomic E-state index is 12.5. The fraction of sp³-hybridized carbons (Fsp3) is 0.375. The molecule has 0 aliphatic rings. The SMILES string of the molecule is COc1cccc(OC)c1CNC(=O)c1sc(N(C)S(C)(=O)=O)nc1C. The predicted molar refractivity (Wildman–Crippen MR) is 101 cm³/mol. The summed E-state index contributed by atoms with van der Waals surface area (Å²) in [6.45, 7) is 1.86. The number of nitrogens with one attached hydrogen (secondary N) is 1. The summed E-state index contributed by atoms with van der Waals surface area (Å²) in [5.74, 6) is 0.854. The minimum Gasteiger partial charge on any atom is -0.496 e. The molecule has 0 saturated carbocycles. The molecule has 2 aromatic rings. The molecule has 0 atom stereocenters. The largest absolute Gasteiger partial charge is 0.496 e. The van der Waals surface area contributed by atoms with Crippen LogP contribution in [0.15, 0.2) is 18.2 Å². The van der Waals surface area contributed by atoms with Crippen molar-refractivity contribution in [2.45, 2.75) is 13.5 Å². The van der Waals surface area contributed by atoms with Gasteiger partial charge in [-0.3, -0.25) is 4.79 Å². The van der Waals surface area contributed by atoms with Gasteiger partial charge in [-0.25, -0.2) is 17.7 Å². The Balaban J connectivity index is 2.21. The number of benzene rings is 1. The third kappa shape index (κ3) is 4.25. The van der Waals surface area contributed by atoms with Crippen LogP contribution in [0.3, 0.4) is 0 Å². The Hall–Kier alpha value is -2.33. The third-order valence-corrected chi connectivity index (χ3v) is 6.23. The van der Waals surface area contributed by atoms with Gasteiger partial charge in [0.1, 0.15) is 16.4 Å². The number of rotatable bonds is 7. The van der Waals surface area contributed by atoms with Crippen molar-refractivity contribution in [2.75, 3.05) is 31.8 Å². The highest BCUT2D eigenvalue weighted by atomic mass is 32.2. The van der Waals surface area contributed by atoms with Crippen LogP contribution in [-0.2, 0) is 16.6 Å². The Morgan fingerprint density at radius 2 is 1.85 bits per heavy atom. The van der Waals surface area contributed by atoms with Crippen LogP contribution in [0.4, 0.5) is 5.13 Å². The topological polar surface area (TPSA) is 97.8 Å². The molecule has 0 spiro atoms. The van der Waals surface area contributed by atoms with Gasteiger partial charge in [0.25, 0.3) is 5.91 Å². The normalized spacial score (nSPS) is 11.1. The second-order valence-corrected chi connectivity index (χ2v) is 8.46. The number of ether oxygens (including phenoxy) is 2. The molecule has 0 radical (unpaired) electrons. The minimum absolute atomic E-state index is 0.195.